The van der Waals surface area contributed by atoms with Gasteiger partial charge in [-0.05, 0) is 61.5 Å². The molecule has 1 fully saturated rings. The highest BCUT2D eigenvalue weighted by molar-refractivity contribution is 6.37. The van der Waals surface area contributed by atoms with Gasteiger partial charge >= 0.3 is 11.9 Å². The van der Waals surface area contributed by atoms with Crippen molar-refractivity contribution in [1.29, 1.82) is 0 Å². The number of aliphatic carboxylic acids is 2. The van der Waals surface area contributed by atoms with Crippen molar-refractivity contribution in [3.63, 3.8) is 0 Å². The number of carboxylic acids is 2. The lowest BCUT2D eigenvalue weighted by Gasteiger charge is -2.34. The van der Waals surface area contributed by atoms with Gasteiger partial charge in [0.15, 0.2) is 0 Å². The Labute approximate surface area is 362 Å². The molecule has 7 amide bonds. The van der Waals surface area contributed by atoms with Crippen LogP contribution in [0.15, 0.2) is 24.3 Å². The maximum Gasteiger partial charge on any atom is 0.303 e. The fourth-order valence-electron chi connectivity index (χ4n) is 7.04. The van der Waals surface area contributed by atoms with Gasteiger partial charge in [-0.15, -0.1) is 0 Å². The van der Waals surface area contributed by atoms with Crippen molar-refractivity contribution in [3.8, 4) is 0 Å². The summed E-state index contributed by atoms with van der Waals surface area (Å²) >= 11 is 0. The molecule has 0 spiro atoms. The largest absolute Gasteiger partial charge is 0.481 e. The number of benzene rings is 1. The van der Waals surface area contributed by atoms with Crippen LogP contribution in [0.25, 0.3) is 0 Å². The Kier molecular flexibility index (Phi) is 20.7. The lowest BCUT2D eigenvalue weighted by Crippen LogP contribution is -2.62. The highest BCUT2D eigenvalue weighted by Gasteiger charge is 2.40. The standard InChI is InChI=1S/C43H65N7O12/c1-8-9-15-27(35(56)37(44)57)45-39(59)29(22-24(2)3)48-42(62)36(43(5,6)7)49-40(60)30(23-26-14-11-10-13-25(26)4)47-38(58)28(17-19-33(52)53)46-41(61)31-16-12-21-50(31)32(51)18-20-34(54)55/h10-11,13-14,24,27-31,36H,8-9,12,15-23H2,1-7H3,(H2,44,57)(H,45,59)(H,46,61)(H,47,58)(H,48,62)(H,49,60)(H,52,53)(H,54,55)/t27?,28-,29-,30-,31-,36+/m0/s1. The van der Waals surface area contributed by atoms with E-state index in [1.807, 2.05) is 20.8 Å². The maximum atomic E-state index is 14.4. The zero-order valence-corrected chi connectivity index (χ0v) is 36.8. The monoisotopic (exact) mass is 871 g/mol. The number of primary amides is 1. The topological polar surface area (TPSA) is 301 Å². The van der Waals surface area contributed by atoms with Gasteiger partial charge in [-0.2, -0.15) is 0 Å². The normalized spacial score (nSPS) is 16.2. The predicted molar refractivity (Wildman–Crippen MR) is 226 cm³/mol. The third-order valence-corrected chi connectivity index (χ3v) is 10.5. The zero-order chi connectivity index (χ0) is 46.9. The average molecular weight is 872 g/mol. The molecule has 1 aliphatic heterocycles. The molecule has 0 saturated carbocycles. The van der Waals surface area contributed by atoms with Gasteiger partial charge in [0.1, 0.15) is 30.2 Å². The number of hydrogen-bond donors (Lipinski definition) is 8. The number of nitrogens with two attached hydrogens (primary N) is 1. The maximum absolute atomic E-state index is 14.4. The molecule has 19 nitrogen and oxygen atoms in total. The van der Waals surface area contributed by atoms with Crippen molar-refractivity contribution in [2.24, 2.45) is 17.1 Å². The average Bonchev–Trinajstić information content (AvgIpc) is 3.68. The van der Waals surface area contributed by atoms with Crippen molar-refractivity contribution in [2.75, 3.05) is 6.54 Å². The molecule has 1 aromatic rings. The minimum atomic E-state index is -1.48. The lowest BCUT2D eigenvalue weighted by molar-refractivity contribution is -0.143. The van der Waals surface area contributed by atoms with Crippen LogP contribution in [0.5, 0.6) is 0 Å². The van der Waals surface area contributed by atoms with Crippen molar-refractivity contribution in [2.45, 2.75) is 155 Å². The smallest absolute Gasteiger partial charge is 0.303 e. The number of likely N-dealkylation sites (tertiary alicyclic amines) is 1. The molecule has 0 bridgehead atoms. The van der Waals surface area contributed by atoms with Gasteiger partial charge < -0.3 is 47.4 Å². The molecule has 6 atom stereocenters. The molecule has 2 rings (SSSR count). The van der Waals surface area contributed by atoms with Crippen LogP contribution < -0.4 is 32.3 Å². The molecule has 9 N–H and O–H groups in total. The number of nitrogens with one attached hydrogen (secondary N) is 5. The van der Waals surface area contributed by atoms with Gasteiger partial charge in [0.05, 0.1) is 12.5 Å². The van der Waals surface area contributed by atoms with Crippen LogP contribution in [-0.4, -0.2) is 117 Å². The van der Waals surface area contributed by atoms with Crippen LogP contribution in [0.4, 0.5) is 0 Å². The summed E-state index contributed by atoms with van der Waals surface area (Å²) in [5.41, 5.74) is 5.67. The summed E-state index contributed by atoms with van der Waals surface area (Å²) in [6, 6.07) is -0.586. The van der Waals surface area contributed by atoms with Gasteiger partial charge in [-0.3, -0.25) is 47.9 Å². The number of hydrogen-bond acceptors (Lipinski definition) is 10. The summed E-state index contributed by atoms with van der Waals surface area (Å²) in [5.74, 6) is -9.31. The number of carbonyl (C=O) groups is 10. The van der Waals surface area contributed by atoms with E-state index in [0.29, 0.717) is 24.8 Å². The van der Waals surface area contributed by atoms with Crippen molar-refractivity contribution < 1.29 is 58.2 Å². The summed E-state index contributed by atoms with van der Waals surface area (Å²) in [6.45, 7) is 12.5. The van der Waals surface area contributed by atoms with Crippen LogP contribution in [0.3, 0.4) is 0 Å². The second-order valence-electron chi connectivity index (χ2n) is 17.3. The Morgan fingerprint density at radius 2 is 1.34 bits per heavy atom. The minimum absolute atomic E-state index is 0.0950. The molecule has 1 heterocycles. The number of Topliss-reactive ketones (excluding diaryl/α,β-unsaturated/α-hetero) is 1. The second kappa shape index (κ2) is 24.5. The highest BCUT2D eigenvalue weighted by atomic mass is 16.4. The van der Waals surface area contributed by atoms with E-state index in [9.17, 15) is 53.1 Å². The molecule has 1 unspecified atom stereocenters. The van der Waals surface area contributed by atoms with E-state index >= 15 is 0 Å². The number of nitrogens with zero attached hydrogens (tertiary/aromatic N) is 1. The number of amides is 7. The summed E-state index contributed by atoms with van der Waals surface area (Å²) in [7, 11) is 0. The van der Waals surface area contributed by atoms with Crippen LogP contribution in [-0.2, 0) is 54.4 Å². The Hall–Kier alpha value is -5.88. The molecule has 1 aromatic carbocycles. The summed E-state index contributed by atoms with van der Waals surface area (Å²) in [6.07, 6.45) is 0.284. The number of unbranched alkanes of at least 4 members (excludes halogenated alkanes) is 1. The van der Waals surface area contributed by atoms with Gasteiger partial charge in [0, 0.05) is 25.8 Å². The summed E-state index contributed by atoms with van der Waals surface area (Å²) in [4.78, 5) is 131. The SMILES string of the molecule is CCCCC(NC(=O)[C@H](CC(C)C)NC(=O)[C@@H](NC(=O)[C@H](Cc1ccccc1C)NC(=O)[C@H](CCC(=O)O)NC(=O)[C@@H]1CCCN1C(=O)CCC(=O)O)C(C)(C)C)C(=O)C(N)=O. The van der Waals surface area contributed by atoms with Crippen LogP contribution in [0.2, 0.25) is 0 Å². The third kappa shape index (κ3) is 16.9. The van der Waals surface area contributed by atoms with Crippen molar-refractivity contribution in [1.82, 2.24) is 31.5 Å². The summed E-state index contributed by atoms with van der Waals surface area (Å²) in [5, 5.41) is 31.7. The molecule has 19 heteroatoms. The number of carboxylic acid groups (broad SMARTS) is 2. The molecule has 1 saturated heterocycles. The molecule has 0 aliphatic carbocycles. The summed E-state index contributed by atoms with van der Waals surface area (Å²) < 4.78 is 0. The number of ketones is 1. The van der Waals surface area contributed by atoms with E-state index < -0.39 is 114 Å². The van der Waals surface area contributed by atoms with E-state index in [1.54, 1.807) is 52.0 Å². The van der Waals surface area contributed by atoms with Gasteiger partial charge in [-0.25, -0.2) is 0 Å². The van der Waals surface area contributed by atoms with E-state index in [1.165, 1.54) is 4.90 Å². The van der Waals surface area contributed by atoms with Crippen LogP contribution in [0, 0.1) is 18.3 Å². The zero-order valence-electron chi connectivity index (χ0n) is 36.8. The molecule has 1 aliphatic rings. The van der Waals surface area contributed by atoms with Gasteiger partial charge in [0.25, 0.3) is 5.91 Å². The predicted octanol–water partition coefficient (Wildman–Crippen LogP) is 1.02. The van der Waals surface area contributed by atoms with Gasteiger partial charge in [-0.1, -0.05) is 78.6 Å². The van der Waals surface area contributed by atoms with E-state index in [0.717, 1.165) is 5.56 Å². The fourth-order valence-corrected chi connectivity index (χ4v) is 7.04. The Morgan fingerprint density at radius 3 is 1.90 bits per heavy atom. The van der Waals surface area contributed by atoms with Crippen LogP contribution >= 0.6 is 0 Å². The van der Waals surface area contributed by atoms with Crippen LogP contribution in [0.1, 0.15) is 117 Å². The van der Waals surface area contributed by atoms with Crippen molar-refractivity contribution in [3.05, 3.63) is 35.4 Å². The van der Waals surface area contributed by atoms with Crippen molar-refractivity contribution >= 4 is 59.1 Å². The molecule has 0 radical (unpaired) electrons. The minimum Gasteiger partial charge on any atom is -0.481 e. The Morgan fingerprint density at radius 1 is 0.758 bits per heavy atom. The highest BCUT2D eigenvalue weighted by Crippen LogP contribution is 2.22. The second-order valence-corrected chi connectivity index (χ2v) is 17.3. The third-order valence-electron chi connectivity index (χ3n) is 10.5. The number of carbonyl (C=O) groups excluding carboxylic acids is 8. The van der Waals surface area contributed by atoms with E-state index in [4.69, 9.17) is 10.8 Å². The Bertz CT molecular complexity index is 1810. The lowest BCUT2D eigenvalue weighted by atomic mass is 9.85. The number of rotatable bonds is 25. The Balaban J connectivity index is 2.45. The first-order valence-corrected chi connectivity index (χ1v) is 21.1. The number of aryl methyl sites for hydroxylation is 1. The molecule has 0 aromatic heterocycles. The quantitative estimate of drug-likeness (QED) is 0.0639. The first-order valence-electron chi connectivity index (χ1n) is 21.1. The molecular weight excluding hydrogens is 807 g/mol. The van der Waals surface area contributed by atoms with Gasteiger partial charge in [0.2, 0.25) is 41.2 Å². The molecular formula is C43H65N7O12. The van der Waals surface area contributed by atoms with E-state index in [-0.39, 0.29) is 51.0 Å². The first-order chi connectivity index (χ1) is 29.0. The fraction of sp³-hybridized carbons (Fsp3) is 0.628. The molecule has 62 heavy (non-hydrogen) atoms. The molecule has 344 valence electrons. The first kappa shape index (κ1) is 52.3. The van der Waals surface area contributed by atoms with E-state index in [2.05, 4.69) is 26.6 Å².